The summed E-state index contributed by atoms with van der Waals surface area (Å²) in [6.45, 7) is 7.95. The van der Waals surface area contributed by atoms with Gasteiger partial charge in [0.15, 0.2) is 0 Å². The average molecular weight is 310 g/mol. The van der Waals surface area contributed by atoms with Gasteiger partial charge >= 0.3 is 0 Å². The molecule has 4 nitrogen and oxygen atoms in total. The molecule has 0 saturated carbocycles. The van der Waals surface area contributed by atoms with Crippen LogP contribution in [0.25, 0.3) is 0 Å². The molecule has 1 aromatic carbocycles. The summed E-state index contributed by atoms with van der Waals surface area (Å²) in [6.07, 6.45) is 1.10. The number of benzene rings is 1. The Morgan fingerprint density at radius 1 is 1.19 bits per heavy atom. The zero-order chi connectivity index (χ0) is 15.6. The van der Waals surface area contributed by atoms with Gasteiger partial charge in [-0.1, -0.05) is 38.1 Å². The quantitative estimate of drug-likeness (QED) is 0.858. The van der Waals surface area contributed by atoms with Crippen LogP contribution in [0, 0.1) is 18.8 Å². The zero-order valence-corrected chi connectivity index (χ0v) is 14.2. The third kappa shape index (κ3) is 3.84. The molecule has 118 valence electrons. The van der Waals surface area contributed by atoms with E-state index in [-0.39, 0.29) is 0 Å². The average Bonchev–Trinajstić information content (AvgIpc) is 2.40. The summed E-state index contributed by atoms with van der Waals surface area (Å²) in [5.41, 5.74) is 2.18. The van der Waals surface area contributed by atoms with Gasteiger partial charge in [0.1, 0.15) is 0 Å². The zero-order valence-electron chi connectivity index (χ0n) is 13.4. The highest BCUT2D eigenvalue weighted by atomic mass is 32.2. The van der Waals surface area contributed by atoms with E-state index in [4.69, 9.17) is 0 Å². The molecule has 0 N–H and O–H groups in total. The van der Waals surface area contributed by atoms with Crippen LogP contribution in [0.1, 0.15) is 31.4 Å². The Kier molecular flexibility index (Phi) is 5.07. The van der Waals surface area contributed by atoms with Crippen LogP contribution >= 0.6 is 0 Å². The number of nitrogens with zero attached hydrogens (tertiary/aromatic N) is 2. The van der Waals surface area contributed by atoms with E-state index < -0.39 is 10.2 Å². The van der Waals surface area contributed by atoms with Crippen LogP contribution in [0.5, 0.6) is 0 Å². The summed E-state index contributed by atoms with van der Waals surface area (Å²) in [6, 6.07) is 7.93. The molecule has 2 unspecified atom stereocenters. The third-order valence-corrected chi connectivity index (χ3v) is 6.08. The second-order valence-corrected chi connectivity index (χ2v) is 8.49. The van der Waals surface area contributed by atoms with Crippen molar-refractivity contribution < 1.29 is 8.42 Å². The van der Waals surface area contributed by atoms with Crippen molar-refractivity contribution in [3.05, 3.63) is 35.4 Å². The first-order chi connectivity index (χ1) is 9.80. The van der Waals surface area contributed by atoms with E-state index in [2.05, 4.69) is 13.8 Å². The number of hydrogen-bond donors (Lipinski definition) is 0. The maximum absolute atomic E-state index is 12.7. The van der Waals surface area contributed by atoms with Crippen LogP contribution < -0.4 is 0 Å². The van der Waals surface area contributed by atoms with Gasteiger partial charge in [-0.2, -0.15) is 17.0 Å². The summed E-state index contributed by atoms with van der Waals surface area (Å²) >= 11 is 0. The van der Waals surface area contributed by atoms with Gasteiger partial charge in [-0.05, 0) is 36.3 Å². The lowest BCUT2D eigenvalue weighted by Crippen LogP contribution is -2.48. The predicted molar refractivity (Wildman–Crippen MR) is 86.1 cm³/mol. The van der Waals surface area contributed by atoms with Gasteiger partial charge in [-0.25, -0.2) is 0 Å². The summed E-state index contributed by atoms with van der Waals surface area (Å²) in [5.74, 6) is 0.853. The third-order valence-electron chi connectivity index (χ3n) is 4.21. The Hall–Kier alpha value is -0.910. The molecule has 1 fully saturated rings. The van der Waals surface area contributed by atoms with Crippen LogP contribution in [0.4, 0.5) is 0 Å². The molecular weight excluding hydrogens is 284 g/mol. The molecule has 1 aliphatic heterocycles. The summed E-state index contributed by atoms with van der Waals surface area (Å²) < 4.78 is 28.6. The second-order valence-electron chi connectivity index (χ2n) is 6.45. The maximum atomic E-state index is 12.7. The first kappa shape index (κ1) is 16.5. The number of piperidine rings is 1. The van der Waals surface area contributed by atoms with Gasteiger partial charge in [0.05, 0.1) is 0 Å². The molecule has 2 atom stereocenters. The first-order valence-electron chi connectivity index (χ1n) is 7.56. The smallest absolute Gasteiger partial charge is 0.195 e. The molecule has 0 spiro atoms. The van der Waals surface area contributed by atoms with Crippen molar-refractivity contribution in [2.24, 2.45) is 11.8 Å². The van der Waals surface area contributed by atoms with E-state index in [1.165, 1.54) is 4.31 Å². The van der Waals surface area contributed by atoms with Gasteiger partial charge in [-0.15, -0.1) is 0 Å². The first-order valence-corrected chi connectivity index (χ1v) is 8.96. The van der Waals surface area contributed by atoms with E-state index in [1.807, 2.05) is 31.2 Å². The van der Waals surface area contributed by atoms with Crippen molar-refractivity contribution >= 4 is 10.2 Å². The van der Waals surface area contributed by atoms with Crippen molar-refractivity contribution in [2.75, 3.05) is 20.1 Å². The number of rotatable bonds is 4. The van der Waals surface area contributed by atoms with E-state index in [1.54, 1.807) is 11.4 Å². The largest absolute Gasteiger partial charge is 0.282 e. The van der Waals surface area contributed by atoms with Gasteiger partial charge in [-0.3, -0.25) is 0 Å². The molecule has 0 bridgehead atoms. The molecule has 21 heavy (non-hydrogen) atoms. The fraction of sp³-hybridized carbons (Fsp3) is 0.625. The van der Waals surface area contributed by atoms with Crippen molar-refractivity contribution in [3.63, 3.8) is 0 Å². The van der Waals surface area contributed by atoms with Gasteiger partial charge in [0, 0.05) is 26.7 Å². The lowest BCUT2D eigenvalue weighted by Gasteiger charge is -2.36. The van der Waals surface area contributed by atoms with Crippen molar-refractivity contribution in [1.82, 2.24) is 8.61 Å². The van der Waals surface area contributed by atoms with E-state index in [9.17, 15) is 8.42 Å². The Morgan fingerprint density at radius 2 is 1.76 bits per heavy atom. The Bertz CT molecular complexity index is 576. The minimum absolute atomic E-state index is 0.425. The van der Waals surface area contributed by atoms with Crippen molar-refractivity contribution in [1.29, 1.82) is 0 Å². The van der Waals surface area contributed by atoms with E-state index >= 15 is 0 Å². The van der Waals surface area contributed by atoms with Crippen LogP contribution in [-0.4, -0.2) is 37.2 Å². The Morgan fingerprint density at radius 3 is 2.33 bits per heavy atom. The molecule has 0 amide bonds. The molecule has 0 aliphatic carbocycles. The summed E-state index contributed by atoms with van der Waals surface area (Å²) in [5, 5.41) is 0. The monoisotopic (exact) mass is 310 g/mol. The standard InChI is InChI=1S/C16H26N2O2S/c1-13-9-14(2)11-18(10-13)21(19,20)17(4)12-16-8-6-5-7-15(16)3/h5-8,13-14H,9-12H2,1-4H3. The van der Waals surface area contributed by atoms with Crippen LogP contribution in [-0.2, 0) is 16.8 Å². The fourth-order valence-corrected chi connectivity index (χ4v) is 4.68. The SMILES string of the molecule is Cc1ccccc1CN(C)S(=O)(=O)N1CC(C)CC(C)C1. The molecule has 0 aromatic heterocycles. The molecule has 1 aliphatic rings. The lowest BCUT2D eigenvalue weighted by atomic mass is 9.94. The molecule has 0 radical (unpaired) electrons. The van der Waals surface area contributed by atoms with E-state index in [0.29, 0.717) is 31.5 Å². The minimum Gasteiger partial charge on any atom is -0.195 e. The van der Waals surface area contributed by atoms with Gasteiger partial charge < -0.3 is 0 Å². The highest BCUT2D eigenvalue weighted by molar-refractivity contribution is 7.86. The highest BCUT2D eigenvalue weighted by Gasteiger charge is 2.33. The van der Waals surface area contributed by atoms with Crippen LogP contribution in [0.3, 0.4) is 0 Å². The minimum atomic E-state index is -3.38. The van der Waals surface area contributed by atoms with E-state index in [0.717, 1.165) is 17.5 Å². The topological polar surface area (TPSA) is 40.6 Å². The molecular formula is C16H26N2O2S. The summed E-state index contributed by atoms with van der Waals surface area (Å²) in [7, 11) is -1.70. The molecule has 2 rings (SSSR count). The van der Waals surface area contributed by atoms with Crippen molar-refractivity contribution in [3.8, 4) is 0 Å². The Balaban J connectivity index is 2.13. The van der Waals surface area contributed by atoms with Crippen LogP contribution in [0.15, 0.2) is 24.3 Å². The van der Waals surface area contributed by atoms with Gasteiger partial charge in [0.25, 0.3) is 10.2 Å². The molecule has 5 heteroatoms. The highest BCUT2D eigenvalue weighted by Crippen LogP contribution is 2.25. The fourth-order valence-electron chi connectivity index (χ4n) is 3.10. The Labute approximate surface area is 128 Å². The summed E-state index contributed by atoms with van der Waals surface area (Å²) in [4.78, 5) is 0. The molecule has 1 heterocycles. The van der Waals surface area contributed by atoms with Crippen molar-refractivity contribution in [2.45, 2.75) is 33.7 Å². The number of aryl methyl sites for hydroxylation is 1. The predicted octanol–water partition coefficient (Wildman–Crippen LogP) is 2.65. The van der Waals surface area contributed by atoms with Crippen LogP contribution in [0.2, 0.25) is 0 Å². The van der Waals surface area contributed by atoms with Gasteiger partial charge in [0.2, 0.25) is 0 Å². The number of hydrogen-bond acceptors (Lipinski definition) is 2. The normalized spacial score (nSPS) is 24.4. The lowest BCUT2D eigenvalue weighted by molar-refractivity contribution is 0.211. The maximum Gasteiger partial charge on any atom is 0.282 e. The molecule has 1 saturated heterocycles. The molecule has 1 aromatic rings. The second kappa shape index (κ2) is 6.46.